The lowest BCUT2D eigenvalue weighted by atomic mass is 9.76. The molecule has 0 aromatic rings. The number of piperidine rings is 2. The van der Waals surface area contributed by atoms with Gasteiger partial charge in [-0.2, -0.15) is 0 Å². The van der Waals surface area contributed by atoms with Crippen LogP contribution in [-0.4, -0.2) is 48.5 Å². The Hall–Kier alpha value is -0.120. The Morgan fingerprint density at radius 1 is 1.36 bits per heavy atom. The zero-order valence-corrected chi connectivity index (χ0v) is 9.20. The van der Waals surface area contributed by atoms with Gasteiger partial charge >= 0.3 is 0 Å². The maximum absolute atomic E-state index is 10.3. The minimum absolute atomic E-state index is 0.494. The second kappa shape index (κ2) is 3.80. The van der Waals surface area contributed by atoms with Crippen LogP contribution in [0.4, 0.5) is 0 Å². The third-order valence-electron chi connectivity index (χ3n) is 3.87. The van der Waals surface area contributed by atoms with Crippen molar-refractivity contribution in [2.75, 3.05) is 20.8 Å². The van der Waals surface area contributed by atoms with Crippen molar-refractivity contribution in [3.05, 3.63) is 0 Å². The molecule has 14 heavy (non-hydrogen) atoms. The van der Waals surface area contributed by atoms with Crippen LogP contribution in [0.15, 0.2) is 0 Å². The van der Waals surface area contributed by atoms with Crippen molar-refractivity contribution in [2.24, 2.45) is 0 Å². The van der Waals surface area contributed by atoms with Gasteiger partial charge in [0.05, 0.1) is 12.2 Å². The van der Waals surface area contributed by atoms with Crippen LogP contribution >= 0.6 is 0 Å². The van der Waals surface area contributed by atoms with Crippen molar-refractivity contribution in [3.63, 3.8) is 0 Å². The summed E-state index contributed by atoms with van der Waals surface area (Å²) in [7, 11) is 3.87. The van der Waals surface area contributed by atoms with E-state index < -0.39 is 5.60 Å². The molecule has 1 N–H and O–H groups in total. The van der Waals surface area contributed by atoms with Gasteiger partial charge in [-0.15, -0.1) is 0 Å². The summed E-state index contributed by atoms with van der Waals surface area (Å²) in [4.78, 5) is 2.45. The fourth-order valence-corrected chi connectivity index (χ4v) is 3.13. The van der Waals surface area contributed by atoms with E-state index in [1.165, 1.54) is 19.3 Å². The standard InChI is InChI=1S/C11H21NO2/c1-12-9-4-3-5-10(12)7-11(13,6-9)8-14-2/h9-10,13H,3-8H2,1-2H3. The molecular formula is C11H21NO2. The largest absolute Gasteiger partial charge is 0.387 e. The predicted octanol–water partition coefficient (Wildman–Crippen LogP) is 1.01. The molecule has 0 aliphatic carbocycles. The van der Waals surface area contributed by atoms with Gasteiger partial charge in [-0.05, 0) is 32.7 Å². The first-order valence-electron chi connectivity index (χ1n) is 5.58. The SMILES string of the molecule is COCC1(O)CC2CCCC(C1)N2C. The van der Waals surface area contributed by atoms with E-state index in [0.29, 0.717) is 18.7 Å². The van der Waals surface area contributed by atoms with E-state index in [-0.39, 0.29) is 0 Å². The molecule has 0 saturated carbocycles. The normalized spacial score (nSPS) is 43.9. The van der Waals surface area contributed by atoms with Crippen LogP contribution in [0.25, 0.3) is 0 Å². The maximum Gasteiger partial charge on any atom is 0.0909 e. The summed E-state index contributed by atoms with van der Waals surface area (Å²) in [6.07, 6.45) is 5.56. The minimum atomic E-state index is -0.559. The van der Waals surface area contributed by atoms with E-state index in [1.807, 2.05) is 0 Å². The van der Waals surface area contributed by atoms with Gasteiger partial charge in [0.2, 0.25) is 0 Å². The molecule has 2 fully saturated rings. The summed E-state index contributed by atoms with van der Waals surface area (Å²) < 4.78 is 5.12. The highest BCUT2D eigenvalue weighted by Gasteiger charge is 2.43. The second-order valence-corrected chi connectivity index (χ2v) is 4.97. The summed E-state index contributed by atoms with van der Waals surface area (Å²) in [5.74, 6) is 0. The van der Waals surface area contributed by atoms with Gasteiger partial charge in [-0.3, -0.25) is 0 Å². The number of hydrogen-bond acceptors (Lipinski definition) is 3. The smallest absolute Gasteiger partial charge is 0.0909 e. The summed E-state index contributed by atoms with van der Waals surface area (Å²) >= 11 is 0. The maximum atomic E-state index is 10.3. The zero-order chi connectivity index (χ0) is 10.2. The van der Waals surface area contributed by atoms with Crippen molar-refractivity contribution in [1.29, 1.82) is 0 Å². The van der Waals surface area contributed by atoms with E-state index in [4.69, 9.17) is 4.74 Å². The van der Waals surface area contributed by atoms with Crippen molar-refractivity contribution >= 4 is 0 Å². The highest BCUT2D eigenvalue weighted by Crippen LogP contribution is 2.38. The predicted molar refractivity (Wildman–Crippen MR) is 55.2 cm³/mol. The van der Waals surface area contributed by atoms with Gasteiger partial charge in [-0.1, -0.05) is 6.42 Å². The van der Waals surface area contributed by atoms with Crippen LogP contribution in [-0.2, 0) is 4.74 Å². The minimum Gasteiger partial charge on any atom is -0.387 e. The fraction of sp³-hybridized carbons (Fsp3) is 1.00. The molecule has 2 rings (SSSR count). The van der Waals surface area contributed by atoms with Crippen LogP contribution in [0, 0.1) is 0 Å². The molecular weight excluding hydrogens is 178 g/mol. The molecule has 82 valence electrons. The molecule has 2 heterocycles. The number of methoxy groups -OCH3 is 1. The summed E-state index contributed by atoms with van der Waals surface area (Å²) in [5, 5.41) is 10.3. The lowest BCUT2D eigenvalue weighted by molar-refractivity contribution is -0.114. The Morgan fingerprint density at radius 2 is 1.93 bits per heavy atom. The highest BCUT2D eigenvalue weighted by atomic mass is 16.5. The van der Waals surface area contributed by atoms with E-state index >= 15 is 0 Å². The molecule has 0 amide bonds. The molecule has 2 aliphatic heterocycles. The Bertz CT molecular complexity index is 193. The molecule has 3 heteroatoms. The van der Waals surface area contributed by atoms with Crippen molar-refractivity contribution in [3.8, 4) is 0 Å². The lowest BCUT2D eigenvalue weighted by Gasteiger charge is -2.50. The zero-order valence-electron chi connectivity index (χ0n) is 9.20. The van der Waals surface area contributed by atoms with Crippen molar-refractivity contribution < 1.29 is 9.84 Å². The van der Waals surface area contributed by atoms with Crippen molar-refractivity contribution in [2.45, 2.75) is 49.8 Å². The van der Waals surface area contributed by atoms with Crippen molar-refractivity contribution in [1.82, 2.24) is 4.90 Å². The summed E-state index contributed by atoms with van der Waals surface area (Å²) in [5.41, 5.74) is -0.559. The molecule has 2 bridgehead atoms. The van der Waals surface area contributed by atoms with Crippen LogP contribution in [0.5, 0.6) is 0 Å². The fourth-order valence-electron chi connectivity index (χ4n) is 3.13. The quantitative estimate of drug-likeness (QED) is 0.720. The van der Waals surface area contributed by atoms with E-state index in [1.54, 1.807) is 7.11 Å². The lowest BCUT2D eigenvalue weighted by Crippen LogP contribution is -2.57. The third-order valence-corrected chi connectivity index (χ3v) is 3.87. The molecule has 2 unspecified atom stereocenters. The topological polar surface area (TPSA) is 32.7 Å². The number of rotatable bonds is 2. The molecule has 0 aromatic carbocycles. The third kappa shape index (κ3) is 1.81. The van der Waals surface area contributed by atoms with E-state index in [9.17, 15) is 5.11 Å². The Morgan fingerprint density at radius 3 is 2.43 bits per heavy atom. The van der Waals surface area contributed by atoms with Crippen LogP contribution in [0.2, 0.25) is 0 Å². The summed E-state index contributed by atoms with van der Waals surface area (Å²) in [6, 6.07) is 1.14. The van der Waals surface area contributed by atoms with Gasteiger partial charge in [0.25, 0.3) is 0 Å². The average molecular weight is 199 g/mol. The average Bonchev–Trinajstić information content (AvgIpc) is 2.08. The van der Waals surface area contributed by atoms with Gasteiger partial charge < -0.3 is 14.7 Å². The van der Waals surface area contributed by atoms with E-state index in [0.717, 1.165) is 12.8 Å². The number of fused-ring (bicyclic) bond motifs is 2. The monoisotopic (exact) mass is 199 g/mol. The molecule has 2 saturated heterocycles. The summed E-state index contributed by atoms with van der Waals surface area (Å²) in [6.45, 7) is 0.494. The van der Waals surface area contributed by atoms with Crippen LogP contribution in [0.1, 0.15) is 32.1 Å². The van der Waals surface area contributed by atoms with Crippen LogP contribution < -0.4 is 0 Å². The Balaban J connectivity index is 2.06. The molecule has 0 radical (unpaired) electrons. The Kier molecular flexibility index (Phi) is 2.82. The number of ether oxygens (including phenoxy) is 1. The van der Waals surface area contributed by atoms with Gasteiger partial charge in [0.1, 0.15) is 0 Å². The molecule has 2 atom stereocenters. The molecule has 2 aliphatic rings. The van der Waals surface area contributed by atoms with Gasteiger partial charge in [-0.25, -0.2) is 0 Å². The second-order valence-electron chi connectivity index (χ2n) is 4.97. The number of nitrogens with zero attached hydrogens (tertiary/aromatic N) is 1. The molecule has 3 nitrogen and oxygen atoms in total. The Labute approximate surface area is 86.0 Å². The number of aliphatic hydroxyl groups is 1. The first-order chi connectivity index (χ1) is 6.64. The molecule has 0 spiro atoms. The van der Waals surface area contributed by atoms with Gasteiger partial charge in [0.15, 0.2) is 0 Å². The first-order valence-corrected chi connectivity index (χ1v) is 5.58. The molecule has 0 aromatic heterocycles. The van der Waals surface area contributed by atoms with E-state index in [2.05, 4.69) is 11.9 Å². The van der Waals surface area contributed by atoms with Crippen LogP contribution in [0.3, 0.4) is 0 Å². The highest BCUT2D eigenvalue weighted by molar-refractivity contribution is 4.98. The van der Waals surface area contributed by atoms with Gasteiger partial charge in [0, 0.05) is 19.2 Å². The first kappa shape index (κ1) is 10.4. The number of hydrogen-bond donors (Lipinski definition) is 1.